The van der Waals surface area contributed by atoms with Gasteiger partial charge in [0.05, 0.1) is 0 Å². The molecule has 112 valence electrons. The summed E-state index contributed by atoms with van der Waals surface area (Å²) in [6.07, 6.45) is 0. The second-order valence-electron chi connectivity index (χ2n) is 6.23. The lowest BCUT2D eigenvalue weighted by Gasteiger charge is -2.47. The molecule has 0 N–H and O–H groups in total. The molecule has 0 aromatic heterocycles. The highest BCUT2D eigenvalue weighted by molar-refractivity contribution is 6.06. The van der Waals surface area contributed by atoms with E-state index in [9.17, 15) is 9.59 Å². The first-order valence-corrected chi connectivity index (χ1v) is 7.79. The average molecular weight is 292 g/mol. The summed E-state index contributed by atoms with van der Waals surface area (Å²) >= 11 is 0. The van der Waals surface area contributed by atoms with Crippen molar-refractivity contribution in [2.75, 3.05) is 0 Å². The number of Topliss-reactive ketones (excluding diaryl/α,β-unsaturated/α-hetero) is 2. The number of hydrogen-bond acceptors (Lipinski definition) is 2. The summed E-state index contributed by atoms with van der Waals surface area (Å²) in [5.74, 6) is 0.270. The minimum atomic E-state index is -0.204. The molecular formula is C20H20O2. The molecule has 0 heterocycles. The largest absolute Gasteiger partial charge is 0.294 e. The van der Waals surface area contributed by atoms with E-state index in [0.717, 1.165) is 0 Å². The first-order valence-electron chi connectivity index (χ1n) is 7.79. The molecule has 0 aliphatic heterocycles. The van der Waals surface area contributed by atoms with Crippen LogP contribution < -0.4 is 0 Å². The maximum atomic E-state index is 12.8. The Bertz CT molecular complexity index is 614. The molecule has 0 amide bonds. The van der Waals surface area contributed by atoms with Crippen molar-refractivity contribution < 1.29 is 9.59 Å². The van der Waals surface area contributed by atoms with Crippen molar-refractivity contribution in [3.8, 4) is 0 Å². The fraction of sp³-hybridized carbons (Fsp3) is 0.300. The normalized spacial score (nSPS) is 27.0. The van der Waals surface area contributed by atoms with Crippen molar-refractivity contribution in [2.24, 2.45) is 23.7 Å². The third-order valence-corrected chi connectivity index (χ3v) is 5.07. The van der Waals surface area contributed by atoms with E-state index in [1.54, 1.807) is 0 Å². The van der Waals surface area contributed by atoms with Crippen LogP contribution in [0.5, 0.6) is 0 Å². The first kappa shape index (κ1) is 14.7. The molecular weight excluding hydrogens is 272 g/mol. The molecule has 2 aromatic carbocycles. The van der Waals surface area contributed by atoms with Crippen LogP contribution in [-0.4, -0.2) is 11.6 Å². The number of carbonyl (C=O) groups is 2. The van der Waals surface area contributed by atoms with Crippen LogP contribution in [0.25, 0.3) is 0 Å². The molecule has 4 atom stereocenters. The summed E-state index contributed by atoms with van der Waals surface area (Å²) in [6.45, 7) is 4.15. The van der Waals surface area contributed by atoms with Crippen molar-refractivity contribution >= 4 is 11.6 Å². The van der Waals surface area contributed by atoms with E-state index in [4.69, 9.17) is 0 Å². The van der Waals surface area contributed by atoms with Crippen molar-refractivity contribution in [3.63, 3.8) is 0 Å². The van der Waals surface area contributed by atoms with Crippen molar-refractivity contribution in [2.45, 2.75) is 13.8 Å². The molecule has 3 rings (SSSR count). The van der Waals surface area contributed by atoms with Gasteiger partial charge in [-0.15, -0.1) is 0 Å². The predicted octanol–water partition coefficient (Wildman–Crippen LogP) is 4.27. The van der Waals surface area contributed by atoms with Crippen LogP contribution in [0.2, 0.25) is 0 Å². The zero-order valence-electron chi connectivity index (χ0n) is 12.9. The molecule has 22 heavy (non-hydrogen) atoms. The highest BCUT2D eigenvalue weighted by Gasteiger charge is 2.52. The summed E-state index contributed by atoms with van der Waals surface area (Å²) < 4.78 is 0. The third kappa shape index (κ3) is 2.39. The van der Waals surface area contributed by atoms with Gasteiger partial charge in [0.25, 0.3) is 0 Å². The van der Waals surface area contributed by atoms with Gasteiger partial charge in [0.15, 0.2) is 11.6 Å². The fourth-order valence-corrected chi connectivity index (χ4v) is 3.56. The van der Waals surface area contributed by atoms with Crippen LogP contribution in [0.4, 0.5) is 0 Å². The van der Waals surface area contributed by atoms with E-state index in [1.807, 2.05) is 60.7 Å². The van der Waals surface area contributed by atoms with Gasteiger partial charge in [-0.25, -0.2) is 0 Å². The second-order valence-corrected chi connectivity index (χ2v) is 6.23. The molecule has 2 heteroatoms. The summed E-state index contributed by atoms with van der Waals surface area (Å²) in [5, 5.41) is 0. The third-order valence-electron chi connectivity index (χ3n) is 5.07. The van der Waals surface area contributed by atoms with Crippen LogP contribution in [-0.2, 0) is 0 Å². The predicted molar refractivity (Wildman–Crippen MR) is 86.9 cm³/mol. The van der Waals surface area contributed by atoms with Gasteiger partial charge in [-0.2, -0.15) is 0 Å². The second kappa shape index (κ2) is 5.88. The smallest absolute Gasteiger partial charge is 0.166 e. The Morgan fingerprint density at radius 2 is 0.955 bits per heavy atom. The number of rotatable bonds is 4. The Hall–Kier alpha value is -2.22. The Labute approximate surface area is 131 Å². The molecule has 2 aromatic rings. The van der Waals surface area contributed by atoms with Crippen molar-refractivity contribution in [1.82, 2.24) is 0 Å². The van der Waals surface area contributed by atoms with E-state index in [-0.39, 0.29) is 35.2 Å². The van der Waals surface area contributed by atoms with Gasteiger partial charge in [-0.05, 0) is 11.8 Å². The maximum Gasteiger partial charge on any atom is 0.166 e. The van der Waals surface area contributed by atoms with E-state index >= 15 is 0 Å². The summed E-state index contributed by atoms with van der Waals surface area (Å²) in [7, 11) is 0. The van der Waals surface area contributed by atoms with Crippen LogP contribution in [0.1, 0.15) is 34.6 Å². The summed E-state index contributed by atoms with van der Waals surface area (Å²) in [6, 6.07) is 18.6. The number of benzene rings is 2. The standard InChI is InChI=1S/C20H20O2/c1-13-14(2)18(20(22)16-11-7-4-8-12-16)17(13)19(21)15-9-5-3-6-10-15/h3-14,17-18H,1-2H3/t13-,14?,17+,18+/m0/s1. The SMILES string of the molecule is CC1[C@@H](C(=O)c2ccccc2)[C@H](C(=O)c2ccccc2)[C@H]1C. The molecule has 1 fully saturated rings. The highest BCUT2D eigenvalue weighted by atomic mass is 16.1. The molecule has 1 saturated carbocycles. The van der Waals surface area contributed by atoms with E-state index in [1.165, 1.54) is 0 Å². The summed E-state index contributed by atoms with van der Waals surface area (Å²) in [5.41, 5.74) is 1.41. The van der Waals surface area contributed by atoms with Gasteiger partial charge < -0.3 is 0 Å². The van der Waals surface area contributed by atoms with Crippen LogP contribution >= 0.6 is 0 Å². The van der Waals surface area contributed by atoms with Crippen molar-refractivity contribution in [3.05, 3.63) is 71.8 Å². The monoisotopic (exact) mass is 292 g/mol. The molecule has 1 aliphatic rings. The zero-order chi connectivity index (χ0) is 15.7. The number of ketones is 2. The molecule has 0 radical (unpaired) electrons. The van der Waals surface area contributed by atoms with Crippen molar-refractivity contribution in [1.29, 1.82) is 0 Å². The Balaban J connectivity index is 1.87. The van der Waals surface area contributed by atoms with Crippen LogP contribution in [0.3, 0.4) is 0 Å². The van der Waals surface area contributed by atoms with Gasteiger partial charge in [-0.3, -0.25) is 9.59 Å². The fourth-order valence-electron chi connectivity index (χ4n) is 3.56. The van der Waals surface area contributed by atoms with E-state index < -0.39 is 0 Å². The first-order chi connectivity index (χ1) is 10.6. The quantitative estimate of drug-likeness (QED) is 0.789. The Morgan fingerprint density at radius 3 is 1.27 bits per heavy atom. The lowest BCUT2D eigenvalue weighted by atomic mass is 9.54. The molecule has 0 bridgehead atoms. The zero-order valence-corrected chi connectivity index (χ0v) is 12.9. The Kier molecular flexibility index (Phi) is 3.93. The van der Waals surface area contributed by atoms with Gasteiger partial charge in [0.2, 0.25) is 0 Å². The highest BCUT2D eigenvalue weighted by Crippen LogP contribution is 2.48. The van der Waals surface area contributed by atoms with Gasteiger partial charge in [-0.1, -0.05) is 74.5 Å². The molecule has 0 spiro atoms. The van der Waals surface area contributed by atoms with Gasteiger partial charge >= 0.3 is 0 Å². The summed E-state index contributed by atoms with van der Waals surface area (Å²) in [4.78, 5) is 25.6. The molecule has 1 unspecified atom stereocenters. The van der Waals surface area contributed by atoms with Gasteiger partial charge in [0.1, 0.15) is 0 Å². The molecule has 0 saturated heterocycles. The minimum absolute atomic E-state index is 0.0977. The van der Waals surface area contributed by atoms with Crippen LogP contribution in [0.15, 0.2) is 60.7 Å². The molecule has 2 nitrogen and oxygen atoms in total. The lowest BCUT2D eigenvalue weighted by molar-refractivity contribution is 0.0130. The Morgan fingerprint density at radius 1 is 0.636 bits per heavy atom. The maximum absolute atomic E-state index is 12.8. The van der Waals surface area contributed by atoms with E-state index in [2.05, 4.69) is 13.8 Å². The number of carbonyl (C=O) groups excluding carboxylic acids is 2. The van der Waals surface area contributed by atoms with E-state index in [0.29, 0.717) is 11.1 Å². The number of hydrogen-bond donors (Lipinski definition) is 0. The average Bonchev–Trinajstić information content (AvgIpc) is 2.59. The topological polar surface area (TPSA) is 34.1 Å². The van der Waals surface area contributed by atoms with Crippen LogP contribution in [0, 0.1) is 23.7 Å². The minimum Gasteiger partial charge on any atom is -0.294 e. The lowest BCUT2D eigenvalue weighted by Crippen LogP contribution is -2.51. The molecule has 1 aliphatic carbocycles. The van der Waals surface area contributed by atoms with Gasteiger partial charge in [0, 0.05) is 23.0 Å².